The summed E-state index contributed by atoms with van der Waals surface area (Å²) in [7, 11) is 0. The molecule has 1 N–H and O–H groups in total. The molecule has 4 nitrogen and oxygen atoms in total. The molecule has 0 spiro atoms. The lowest BCUT2D eigenvalue weighted by atomic mass is 10.1. The highest BCUT2D eigenvalue weighted by Crippen LogP contribution is 2.20. The molecule has 0 saturated heterocycles. The molecule has 0 atom stereocenters. The van der Waals surface area contributed by atoms with Crippen molar-refractivity contribution in [2.24, 2.45) is 0 Å². The summed E-state index contributed by atoms with van der Waals surface area (Å²) in [4.78, 5) is 8.17. The van der Waals surface area contributed by atoms with Crippen LogP contribution in [0.5, 0.6) is 11.8 Å². The number of ether oxygens (including phenoxy) is 1. The van der Waals surface area contributed by atoms with Crippen LogP contribution in [0, 0.1) is 0 Å². The maximum Gasteiger partial charge on any atom is 0.321 e. The fourth-order valence-corrected chi connectivity index (χ4v) is 2.91. The van der Waals surface area contributed by atoms with Crippen LogP contribution >= 0.6 is 0 Å². The SMILES string of the molecule is [Cl-].c1cnc(Oc2cccc(CNC3CCCCCC3)c2)nc1. The van der Waals surface area contributed by atoms with Gasteiger partial charge in [0, 0.05) is 25.0 Å². The highest BCUT2D eigenvalue weighted by molar-refractivity contribution is 5.30. The lowest BCUT2D eigenvalue weighted by molar-refractivity contribution is -0.00000543. The minimum Gasteiger partial charge on any atom is -1.00 e. The molecule has 1 fully saturated rings. The molecular weight excluding hydrogens is 310 g/mol. The fourth-order valence-electron chi connectivity index (χ4n) is 2.91. The highest BCUT2D eigenvalue weighted by Gasteiger charge is 2.11. The van der Waals surface area contributed by atoms with E-state index in [0.717, 1.165) is 12.3 Å². The largest absolute Gasteiger partial charge is 1.00 e. The van der Waals surface area contributed by atoms with Crippen molar-refractivity contribution in [3.05, 3.63) is 48.3 Å². The summed E-state index contributed by atoms with van der Waals surface area (Å²) in [6.07, 6.45) is 11.4. The summed E-state index contributed by atoms with van der Waals surface area (Å²) in [6.45, 7) is 0.886. The zero-order valence-corrected chi connectivity index (χ0v) is 14.0. The average Bonchev–Trinajstić information content (AvgIpc) is 2.83. The molecule has 1 aromatic heterocycles. The van der Waals surface area contributed by atoms with E-state index in [1.807, 2.05) is 12.1 Å². The van der Waals surface area contributed by atoms with Crippen LogP contribution in [0.25, 0.3) is 0 Å². The third kappa shape index (κ3) is 5.81. The summed E-state index contributed by atoms with van der Waals surface area (Å²) in [5.41, 5.74) is 1.23. The molecule has 0 unspecified atom stereocenters. The molecular formula is C18H23ClN3O-. The Bertz CT molecular complexity index is 571. The Balaban J connectivity index is 0.00000192. The number of aromatic nitrogens is 2. The van der Waals surface area contributed by atoms with Gasteiger partial charge in [0.15, 0.2) is 0 Å². The second kappa shape index (κ2) is 9.48. The van der Waals surface area contributed by atoms with Crippen LogP contribution in [-0.2, 0) is 6.54 Å². The van der Waals surface area contributed by atoms with Crippen molar-refractivity contribution in [2.75, 3.05) is 0 Å². The smallest absolute Gasteiger partial charge is 0.321 e. The van der Waals surface area contributed by atoms with E-state index in [1.165, 1.54) is 44.1 Å². The molecule has 1 aliphatic carbocycles. The van der Waals surface area contributed by atoms with Crippen molar-refractivity contribution >= 4 is 0 Å². The van der Waals surface area contributed by atoms with Gasteiger partial charge in [-0.05, 0) is 36.6 Å². The van der Waals surface area contributed by atoms with Crippen LogP contribution in [0.15, 0.2) is 42.7 Å². The van der Waals surface area contributed by atoms with E-state index in [4.69, 9.17) is 4.74 Å². The first kappa shape index (κ1) is 17.7. The van der Waals surface area contributed by atoms with Gasteiger partial charge in [-0.15, -0.1) is 0 Å². The van der Waals surface area contributed by atoms with Crippen LogP contribution in [0.4, 0.5) is 0 Å². The van der Waals surface area contributed by atoms with Crippen molar-refractivity contribution < 1.29 is 17.1 Å². The molecule has 0 radical (unpaired) electrons. The number of nitrogens with zero attached hydrogens (tertiary/aromatic N) is 2. The van der Waals surface area contributed by atoms with Crippen molar-refractivity contribution in [3.63, 3.8) is 0 Å². The van der Waals surface area contributed by atoms with Crippen LogP contribution in [0.3, 0.4) is 0 Å². The van der Waals surface area contributed by atoms with Gasteiger partial charge in [0.2, 0.25) is 0 Å². The van der Waals surface area contributed by atoms with Gasteiger partial charge in [0.25, 0.3) is 0 Å². The first-order chi connectivity index (χ1) is 10.9. The van der Waals surface area contributed by atoms with E-state index < -0.39 is 0 Å². The normalized spacial score (nSPS) is 15.5. The van der Waals surface area contributed by atoms with E-state index in [9.17, 15) is 0 Å². The van der Waals surface area contributed by atoms with E-state index in [1.54, 1.807) is 18.5 Å². The predicted molar refractivity (Wildman–Crippen MR) is 86.9 cm³/mol. The first-order valence-corrected chi connectivity index (χ1v) is 8.17. The topological polar surface area (TPSA) is 47.0 Å². The quantitative estimate of drug-likeness (QED) is 0.833. The molecule has 1 saturated carbocycles. The number of halogens is 1. The van der Waals surface area contributed by atoms with E-state index in [2.05, 4.69) is 27.4 Å². The van der Waals surface area contributed by atoms with E-state index in [0.29, 0.717) is 12.1 Å². The second-order valence-corrected chi connectivity index (χ2v) is 5.85. The molecule has 23 heavy (non-hydrogen) atoms. The van der Waals surface area contributed by atoms with Gasteiger partial charge in [-0.1, -0.05) is 37.8 Å². The van der Waals surface area contributed by atoms with Gasteiger partial charge in [-0.2, -0.15) is 0 Å². The van der Waals surface area contributed by atoms with Crippen LogP contribution in [-0.4, -0.2) is 16.0 Å². The molecule has 1 heterocycles. The average molecular weight is 333 g/mol. The Kier molecular flexibility index (Phi) is 7.30. The van der Waals surface area contributed by atoms with Crippen LogP contribution < -0.4 is 22.5 Å². The summed E-state index contributed by atoms with van der Waals surface area (Å²) < 4.78 is 5.68. The molecule has 1 aliphatic rings. The van der Waals surface area contributed by atoms with Crippen LogP contribution in [0.1, 0.15) is 44.1 Å². The molecule has 0 aliphatic heterocycles. The maximum atomic E-state index is 5.68. The Hall–Kier alpha value is -1.65. The predicted octanol–water partition coefficient (Wildman–Crippen LogP) is 1.09. The van der Waals surface area contributed by atoms with Gasteiger partial charge in [-0.3, -0.25) is 0 Å². The molecule has 0 bridgehead atoms. The molecule has 1 aromatic carbocycles. The molecule has 2 aromatic rings. The van der Waals surface area contributed by atoms with Crippen molar-refractivity contribution in [2.45, 2.75) is 51.1 Å². The van der Waals surface area contributed by atoms with Crippen LogP contribution in [0.2, 0.25) is 0 Å². The third-order valence-corrected chi connectivity index (χ3v) is 4.10. The summed E-state index contributed by atoms with van der Waals surface area (Å²) in [6, 6.07) is 11.0. The summed E-state index contributed by atoms with van der Waals surface area (Å²) in [5, 5.41) is 3.68. The van der Waals surface area contributed by atoms with Crippen molar-refractivity contribution in [3.8, 4) is 11.8 Å². The number of benzene rings is 1. The Labute approximate surface area is 144 Å². The minimum absolute atomic E-state index is 0. The van der Waals surface area contributed by atoms with Gasteiger partial charge in [-0.25, -0.2) is 9.97 Å². The number of nitrogens with one attached hydrogen (secondary N) is 1. The minimum atomic E-state index is 0. The van der Waals surface area contributed by atoms with Gasteiger partial charge < -0.3 is 22.5 Å². The Morgan fingerprint density at radius 3 is 2.48 bits per heavy atom. The summed E-state index contributed by atoms with van der Waals surface area (Å²) >= 11 is 0. The lowest BCUT2D eigenvalue weighted by Crippen LogP contribution is -3.00. The molecule has 3 rings (SSSR count). The lowest BCUT2D eigenvalue weighted by Gasteiger charge is -2.16. The Morgan fingerprint density at radius 1 is 1.00 bits per heavy atom. The van der Waals surface area contributed by atoms with Gasteiger partial charge in [0.05, 0.1) is 0 Å². The number of rotatable bonds is 5. The number of hydrogen-bond donors (Lipinski definition) is 1. The zero-order valence-electron chi connectivity index (χ0n) is 13.2. The molecule has 124 valence electrons. The number of hydrogen-bond acceptors (Lipinski definition) is 4. The van der Waals surface area contributed by atoms with E-state index in [-0.39, 0.29) is 12.4 Å². The highest BCUT2D eigenvalue weighted by atomic mass is 35.5. The fraction of sp³-hybridized carbons (Fsp3) is 0.444. The second-order valence-electron chi connectivity index (χ2n) is 5.85. The van der Waals surface area contributed by atoms with Gasteiger partial charge in [0.1, 0.15) is 5.75 Å². The van der Waals surface area contributed by atoms with Crippen molar-refractivity contribution in [1.29, 1.82) is 0 Å². The molecule has 0 amide bonds. The zero-order chi connectivity index (χ0) is 15.0. The Morgan fingerprint density at radius 2 is 1.74 bits per heavy atom. The standard InChI is InChI=1S/C18H23N3O.ClH/c1-2-4-9-16(8-3-1)21-14-15-7-5-10-17(13-15)22-18-19-11-6-12-20-18;/h5-7,10-13,16,21H,1-4,8-9,14H2;1H/p-1. The third-order valence-electron chi connectivity index (χ3n) is 4.10. The van der Waals surface area contributed by atoms with Crippen molar-refractivity contribution in [1.82, 2.24) is 15.3 Å². The van der Waals surface area contributed by atoms with Gasteiger partial charge >= 0.3 is 6.01 Å². The first-order valence-electron chi connectivity index (χ1n) is 8.17. The summed E-state index contributed by atoms with van der Waals surface area (Å²) in [5.74, 6) is 0.784. The maximum absolute atomic E-state index is 5.68. The molecule has 5 heteroatoms. The van der Waals surface area contributed by atoms with E-state index >= 15 is 0 Å². The monoisotopic (exact) mass is 332 g/mol.